The number of benzene rings is 2. The van der Waals surface area contributed by atoms with Crippen LogP contribution in [0.2, 0.25) is 0 Å². The summed E-state index contributed by atoms with van der Waals surface area (Å²) in [6.07, 6.45) is 7.07. The SMILES string of the molecule is CC(NC(C)C1CCCCC1)c1ccc2ccccc2c1. The average molecular weight is 281 g/mol. The van der Waals surface area contributed by atoms with E-state index in [-0.39, 0.29) is 0 Å². The van der Waals surface area contributed by atoms with Crippen LogP contribution in [0, 0.1) is 5.92 Å². The third-order valence-corrected chi connectivity index (χ3v) is 5.14. The first-order valence-corrected chi connectivity index (χ1v) is 8.49. The zero-order valence-electron chi connectivity index (χ0n) is 13.3. The number of hydrogen-bond acceptors (Lipinski definition) is 1. The maximum absolute atomic E-state index is 3.83. The van der Waals surface area contributed by atoms with Crippen molar-refractivity contribution < 1.29 is 0 Å². The minimum absolute atomic E-state index is 0.423. The molecule has 21 heavy (non-hydrogen) atoms. The molecule has 1 aliphatic rings. The predicted molar refractivity (Wildman–Crippen MR) is 91.5 cm³/mol. The minimum atomic E-state index is 0.423. The molecule has 0 bridgehead atoms. The van der Waals surface area contributed by atoms with E-state index in [9.17, 15) is 0 Å². The lowest BCUT2D eigenvalue weighted by Crippen LogP contribution is -2.36. The summed E-state index contributed by atoms with van der Waals surface area (Å²) in [7, 11) is 0. The molecule has 1 aliphatic carbocycles. The van der Waals surface area contributed by atoms with Crippen LogP contribution in [0.5, 0.6) is 0 Å². The number of rotatable bonds is 4. The Bertz CT molecular complexity index is 583. The molecule has 1 heteroatoms. The quantitative estimate of drug-likeness (QED) is 0.784. The fourth-order valence-electron chi connectivity index (χ4n) is 3.74. The van der Waals surface area contributed by atoms with Crippen molar-refractivity contribution >= 4 is 10.8 Å². The lowest BCUT2D eigenvalue weighted by atomic mass is 9.84. The Kier molecular flexibility index (Phi) is 4.60. The topological polar surface area (TPSA) is 12.0 Å². The monoisotopic (exact) mass is 281 g/mol. The van der Waals surface area contributed by atoms with Gasteiger partial charge in [0.2, 0.25) is 0 Å². The van der Waals surface area contributed by atoms with Crippen LogP contribution in [0.4, 0.5) is 0 Å². The summed E-state index contributed by atoms with van der Waals surface area (Å²) in [5.41, 5.74) is 1.40. The molecule has 0 amide bonds. The highest BCUT2D eigenvalue weighted by molar-refractivity contribution is 5.83. The molecule has 2 aromatic carbocycles. The molecular formula is C20H27N. The zero-order valence-corrected chi connectivity index (χ0v) is 13.3. The van der Waals surface area contributed by atoms with Gasteiger partial charge in [0.1, 0.15) is 0 Å². The summed E-state index contributed by atoms with van der Waals surface area (Å²) in [5, 5.41) is 6.50. The van der Waals surface area contributed by atoms with E-state index in [0.29, 0.717) is 12.1 Å². The molecule has 1 fully saturated rings. The summed E-state index contributed by atoms with van der Waals surface area (Å²) in [4.78, 5) is 0. The third kappa shape index (κ3) is 3.47. The Hall–Kier alpha value is -1.34. The Morgan fingerprint density at radius 1 is 0.905 bits per heavy atom. The van der Waals surface area contributed by atoms with Crippen molar-refractivity contribution in [3.8, 4) is 0 Å². The Morgan fingerprint density at radius 3 is 2.38 bits per heavy atom. The minimum Gasteiger partial charge on any atom is -0.307 e. The van der Waals surface area contributed by atoms with Crippen LogP contribution in [-0.2, 0) is 0 Å². The van der Waals surface area contributed by atoms with E-state index in [0.717, 1.165) is 5.92 Å². The first-order chi connectivity index (χ1) is 10.2. The van der Waals surface area contributed by atoms with Gasteiger partial charge < -0.3 is 5.32 Å². The lowest BCUT2D eigenvalue weighted by molar-refractivity contribution is 0.268. The van der Waals surface area contributed by atoms with Gasteiger partial charge in [-0.15, -0.1) is 0 Å². The first-order valence-electron chi connectivity index (χ1n) is 8.49. The van der Waals surface area contributed by atoms with Crippen molar-refractivity contribution in [2.75, 3.05) is 0 Å². The smallest absolute Gasteiger partial charge is 0.0294 e. The molecule has 2 unspecified atom stereocenters. The highest BCUT2D eigenvalue weighted by Crippen LogP contribution is 2.28. The number of fused-ring (bicyclic) bond motifs is 1. The van der Waals surface area contributed by atoms with Crippen LogP contribution in [0.1, 0.15) is 57.6 Å². The van der Waals surface area contributed by atoms with Crippen LogP contribution in [0.3, 0.4) is 0 Å². The van der Waals surface area contributed by atoms with E-state index >= 15 is 0 Å². The third-order valence-electron chi connectivity index (χ3n) is 5.14. The van der Waals surface area contributed by atoms with Crippen LogP contribution in [0.25, 0.3) is 10.8 Å². The largest absolute Gasteiger partial charge is 0.307 e. The predicted octanol–water partition coefficient (Wildman–Crippen LogP) is 5.46. The Labute approximate surface area is 128 Å². The highest BCUT2D eigenvalue weighted by Gasteiger charge is 2.21. The van der Waals surface area contributed by atoms with Gasteiger partial charge in [-0.05, 0) is 55.0 Å². The van der Waals surface area contributed by atoms with Crippen LogP contribution >= 0.6 is 0 Å². The average Bonchev–Trinajstić information content (AvgIpc) is 2.55. The summed E-state index contributed by atoms with van der Waals surface area (Å²) >= 11 is 0. The van der Waals surface area contributed by atoms with Gasteiger partial charge in [-0.1, -0.05) is 55.7 Å². The normalized spacial score (nSPS) is 19.5. The Balaban J connectivity index is 1.69. The van der Waals surface area contributed by atoms with E-state index in [2.05, 4.69) is 61.6 Å². The maximum Gasteiger partial charge on any atom is 0.0294 e. The van der Waals surface area contributed by atoms with E-state index < -0.39 is 0 Å². The summed E-state index contributed by atoms with van der Waals surface area (Å²) < 4.78 is 0. The summed E-state index contributed by atoms with van der Waals surface area (Å²) in [6.45, 7) is 4.66. The molecule has 3 rings (SSSR count). The van der Waals surface area contributed by atoms with Crippen molar-refractivity contribution in [1.29, 1.82) is 0 Å². The van der Waals surface area contributed by atoms with Gasteiger partial charge in [0.15, 0.2) is 0 Å². The van der Waals surface area contributed by atoms with Gasteiger partial charge in [0.25, 0.3) is 0 Å². The van der Waals surface area contributed by atoms with Gasteiger partial charge in [-0.3, -0.25) is 0 Å². The molecule has 1 saturated carbocycles. The van der Waals surface area contributed by atoms with Crippen molar-refractivity contribution in [2.24, 2.45) is 5.92 Å². The van der Waals surface area contributed by atoms with E-state index in [1.54, 1.807) is 0 Å². The van der Waals surface area contributed by atoms with Crippen molar-refractivity contribution in [1.82, 2.24) is 5.32 Å². The molecule has 0 heterocycles. The molecule has 0 saturated heterocycles. The van der Waals surface area contributed by atoms with E-state index in [1.165, 1.54) is 48.4 Å². The molecule has 1 N–H and O–H groups in total. The first kappa shape index (κ1) is 14.6. The molecule has 2 atom stereocenters. The summed E-state index contributed by atoms with van der Waals surface area (Å²) in [6, 6.07) is 16.5. The summed E-state index contributed by atoms with van der Waals surface area (Å²) in [5.74, 6) is 0.863. The lowest BCUT2D eigenvalue weighted by Gasteiger charge is -2.31. The van der Waals surface area contributed by atoms with Gasteiger partial charge in [0, 0.05) is 12.1 Å². The van der Waals surface area contributed by atoms with Gasteiger partial charge in [0.05, 0.1) is 0 Å². The van der Waals surface area contributed by atoms with Crippen molar-refractivity contribution in [3.63, 3.8) is 0 Å². The molecule has 0 aliphatic heterocycles. The van der Waals surface area contributed by atoms with Crippen LogP contribution in [0.15, 0.2) is 42.5 Å². The van der Waals surface area contributed by atoms with Gasteiger partial charge in [-0.25, -0.2) is 0 Å². The highest BCUT2D eigenvalue weighted by atomic mass is 14.9. The molecule has 112 valence electrons. The second-order valence-electron chi connectivity index (χ2n) is 6.68. The van der Waals surface area contributed by atoms with Gasteiger partial charge in [-0.2, -0.15) is 0 Å². The van der Waals surface area contributed by atoms with E-state index in [1.807, 2.05) is 0 Å². The molecule has 2 aromatic rings. The van der Waals surface area contributed by atoms with Crippen molar-refractivity contribution in [3.05, 3.63) is 48.0 Å². The van der Waals surface area contributed by atoms with E-state index in [4.69, 9.17) is 0 Å². The molecule has 0 aromatic heterocycles. The zero-order chi connectivity index (χ0) is 14.7. The second-order valence-corrected chi connectivity index (χ2v) is 6.68. The molecule has 0 spiro atoms. The molecular weight excluding hydrogens is 254 g/mol. The molecule has 1 nitrogen and oxygen atoms in total. The second kappa shape index (κ2) is 6.62. The van der Waals surface area contributed by atoms with Crippen LogP contribution in [-0.4, -0.2) is 6.04 Å². The van der Waals surface area contributed by atoms with Gasteiger partial charge >= 0.3 is 0 Å². The fourth-order valence-corrected chi connectivity index (χ4v) is 3.74. The van der Waals surface area contributed by atoms with Crippen molar-refractivity contribution in [2.45, 2.75) is 58.0 Å². The Morgan fingerprint density at radius 2 is 1.62 bits per heavy atom. The number of nitrogens with one attached hydrogen (secondary N) is 1. The molecule has 0 radical (unpaired) electrons. The van der Waals surface area contributed by atoms with Crippen LogP contribution < -0.4 is 5.32 Å². The maximum atomic E-state index is 3.83. The standard InChI is InChI=1S/C20H27N/c1-15(17-8-4-3-5-9-17)21-16(2)19-13-12-18-10-6-7-11-20(18)14-19/h6-7,10-17,21H,3-5,8-9H2,1-2H3. The fraction of sp³-hybridized carbons (Fsp3) is 0.500. The number of hydrogen-bond donors (Lipinski definition) is 1.